The van der Waals surface area contributed by atoms with Crippen molar-refractivity contribution in [2.24, 2.45) is 5.73 Å². The number of benzene rings is 1. The van der Waals surface area contributed by atoms with E-state index in [2.05, 4.69) is 21.9 Å². The molecular weight excluding hydrogens is 228 g/mol. The molecule has 1 heterocycles. The molecule has 0 spiro atoms. The van der Waals surface area contributed by atoms with Gasteiger partial charge in [-0.05, 0) is 44.6 Å². The number of rotatable bonds is 5. The Kier molecular flexibility index (Phi) is 3.84. The van der Waals surface area contributed by atoms with Gasteiger partial charge >= 0.3 is 5.69 Å². The van der Waals surface area contributed by atoms with Crippen LogP contribution in [-0.2, 0) is 6.54 Å². The Morgan fingerprint density at radius 2 is 2.06 bits per heavy atom. The van der Waals surface area contributed by atoms with Crippen LogP contribution in [0.3, 0.4) is 0 Å². The molecule has 5 heteroatoms. The second-order valence-electron chi connectivity index (χ2n) is 4.96. The molecule has 0 bridgehead atoms. The van der Waals surface area contributed by atoms with Gasteiger partial charge in [-0.15, -0.1) is 0 Å². The molecule has 1 aromatic heterocycles. The van der Waals surface area contributed by atoms with Gasteiger partial charge in [-0.3, -0.25) is 0 Å². The van der Waals surface area contributed by atoms with Crippen molar-refractivity contribution in [2.75, 3.05) is 13.6 Å². The zero-order valence-electron chi connectivity index (χ0n) is 10.9. The van der Waals surface area contributed by atoms with Gasteiger partial charge in [0.2, 0.25) is 0 Å². The Bertz CT molecular complexity index is 570. The highest BCUT2D eigenvalue weighted by molar-refractivity contribution is 5.74. The number of hydrogen-bond donors (Lipinski definition) is 3. The maximum absolute atomic E-state index is 11.2. The van der Waals surface area contributed by atoms with E-state index >= 15 is 0 Å². The average Bonchev–Trinajstić information content (AvgIpc) is 2.66. The Hall–Kier alpha value is -1.59. The molecule has 5 nitrogen and oxygen atoms in total. The van der Waals surface area contributed by atoms with E-state index in [1.165, 1.54) is 5.56 Å². The van der Waals surface area contributed by atoms with Crippen LogP contribution < -0.4 is 11.4 Å². The van der Waals surface area contributed by atoms with E-state index < -0.39 is 0 Å². The summed E-state index contributed by atoms with van der Waals surface area (Å²) in [4.78, 5) is 18.9. The lowest BCUT2D eigenvalue weighted by molar-refractivity contribution is 0.313. The number of H-pyrrole nitrogens is 2. The minimum Gasteiger partial charge on any atom is -0.328 e. The molecule has 0 aliphatic carbocycles. The summed E-state index contributed by atoms with van der Waals surface area (Å²) in [7, 11) is 2.08. The second kappa shape index (κ2) is 5.37. The molecular formula is C13H20N4O. The number of hydrogen-bond acceptors (Lipinski definition) is 3. The van der Waals surface area contributed by atoms with Gasteiger partial charge in [0.1, 0.15) is 0 Å². The van der Waals surface area contributed by atoms with E-state index in [1.54, 1.807) is 0 Å². The van der Waals surface area contributed by atoms with Gasteiger partial charge in [0.25, 0.3) is 0 Å². The van der Waals surface area contributed by atoms with Gasteiger partial charge in [0.15, 0.2) is 0 Å². The van der Waals surface area contributed by atoms with E-state index in [9.17, 15) is 4.79 Å². The molecule has 0 amide bonds. The normalized spacial score (nSPS) is 13.3. The van der Waals surface area contributed by atoms with Crippen molar-refractivity contribution in [1.29, 1.82) is 0 Å². The molecule has 1 unspecified atom stereocenters. The standard InChI is InChI=1S/C13H20N4O/c1-9(14)5-6-17(2)8-10-3-4-11-12(7-10)16-13(18)15-11/h3-4,7,9H,5-6,8,14H2,1-2H3,(H2,15,16,18). The van der Waals surface area contributed by atoms with Gasteiger partial charge in [0.05, 0.1) is 11.0 Å². The molecule has 2 aromatic rings. The summed E-state index contributed by atoms with van der Waals surface area (Å²) < 4.78 is 0. The topological polar surface area (TPSA) is 77.9 Å². The minimum atomic E-state index is -0.160. The summed E-state index contributed by atoms with van der Waals surface area (Å²) in [5.41, 5.74) is 8.47. The summed E-state index contributed by atoms with van der Waals surface area (Å²) in [6.07, 6.45) is 0.986. The molecule has 4 N–H and O–H groups in total. The SMILES string of the molecule is CC(N)CCN(C)Cc1ccc2[nH]c(=O)[nH]c2c1. The van der Waals surface area contributed by atoms with E-state index in [0.717, 1.165) is 30.5 Å². The lowest BCUT2D eigenvalue weighted by Gasteiger charge is -2.17. The first kappa shape index (κ1) is 12.9. The fraction of sp³-hybridized carbons (Fsp3) is 0.462. The fourth-order valence-electron chi connectivity index (χ4n) is 1.99. The number of aromatic amines is 2. The number of aromatic nitrogens is 2. The van der Waals surface area contributed by atoms with Gasteiger partial charge in [0, 0.05) is 12.6 Å². The maximum Gasteiger partial charge on any atom is 0.323 e. The van der Waals surface area contributed by atoms with Crippen molar-refractivity contribution in [2.45, 2.75) is 25.9 Å². The number of imidazole rings is 1. The highest BCUT2D eigenvalue weighted by atomic mass is 16.1. The summed E-state index contributed by atoms with van der Waals surface area (Å²) in [5, 5.41) is 0. The van der Waals surface area contributed by atoms with Crippen molar-refractivity contribution < 1.29 is 0 Å². The molecule has 0 aliphatic heterocycles. The van der Waals surface area contributed by atoms with Crippen molar-refractivity contribution in [1.82, 2.24) is 14.9 Å². The molecule has 0 aliphatic rings. The third-order valence-corrected chi connectivity index (χ3v) is 3.00. The number of nitrogens with one attached hydrogen (secondary N) is 2. The Labute approximate surface area is 106 Å². The van der Waals surface area contributed by atoms with Crippen molar-refractivity contribution in [3.05, 3.63) is 34.2 Å². The highest BCUT2D eigenvalue weighted by Crippen LogP contribution is 2.11. The van der Waals surface area contributed by atoms with Crippen LogP contribution in [0, 0.1) is 0 Å². The lowest BCUT2D eigenvalue weighted by atomic mass is 10.2. The lowest BCUT2D eigenvalue weighted by Crippen LogP contribution is -2.25. The molecule has 1 aromatic carbocycles. The third-order valence-electron chi connectivity index (χ3n) is 3.00. The maximum atomic E-state index is 11.2. The fourth-order valence-corrected chi connectivity index (χ4v) is 1.99. The van der Waals surface area contributed by atoms with E-state index in [-0.39, 0.29) is 11.7 Å². The van der Waals surface area contributed by atoms with E-state index in [4.69, 9.17) is 5.73 Å². The van der Waals surface area contributed by atoms with Crippen LogP contribution in [0.5, 0.6) is 0 Å². The molecule has 1 atom stereocenters. The van der Waals surface area contributed by atoms with Crippen LogP contribution in [0.1, 0.15) is 18.9 Å². The van der Waals surface area contributed by atoms with Gasteiger partial charge < -0.3 is 20.6 Å². The Morgan fingerprint density at radius 3 is 2.78 bits per heavy atom. The monoisotopic (exact) mass is 248 g/mol. The molecule has 0 saturated heterocycles. The van der Waals surface area contributed by atoms with Crippen LogP contribution >= 0.6 is 0 Å². The zero-order valence-corrected chi connectivity index (χ0v) is 10.9. The predicted octanol–water partition coefficient (Wildman–Crippen LogP) is 1.03. The third kappa shape index (κ3) is 3.21. The van der Waals surface area contributed by atoms with Gasteiger partial charge in [-0.2, -0.15) is 0 Å². The largest absolute Gasteiger partial charge is 0.328 e. The predicted molar refractivity (Wildman–Crippen MR) is 73.5 cm³/mol. The van der Waals surface area contributed by atoms with E-state index in [1.807, 2.05) is 25.1 Å². The summed E-state index contributed by atoms with van der Waals surface area (Å²) in [6.45, 7) is 3.85. The van der Waals surface area contributed by atoms with Gasteiger partial charge in [-0.25, -0.2) is 4.79 Å². The molecule has 2 rings (SSSR count). The van der Waals surface area contributed by atoms with Crippen LogP contribution in [0.15, 0.2) is 23.0 Å². The molecule has 98 valence electrons. The van der Waals surface area contributed by atoms with Crippen LogP contribution in [-0.4, -0.2) is 34.5 Å². The molecule has 0 saturated carbocycles. The zero-order chi connectivity index (χ0) is 13.1. The number of fused-ring (bicyclic) bond motifs is 1. The second-order valence-corrected chi connectivity index (χ2v) is 4.96. The van der Waals surface area contributed by atoms with Crippen LogP contribution in [0.25, 0.3) is 11.0 Å². The summed E-state index contributed by atoms with van der Waals surface area (Å²) >= 11 is 0. The van der Waals surface area contributed by atoms with Crippen molar-refractivity contribution >= 4 is 11.0 Å². The Balaban J connectivity index is 2.04. The number of nitrogens with two attached hydrogens (primary N) is 1. The molecule has 0 fully saturated rings. The minimum absolute atomic E-state index is 0.160. The first-order chi connectivity index (χ1) is 8.54. The molecule has 0 radical (unpaired) electrons. The molecule has 18 heavy (non-hydrogen) atoms. The first-order valence-corrected chi connectivity index (χ1v) is 6.19. The highest BCUT2D eigenvalue weighted by Gasteiger charge is 2.04. The van der Waals surface area contributed by atoms with Crippen LogP contribution in [0.2, 0.25) is 0 Å². The quantitative estimate of drug-likeness (QED) is 0.739. The van der Waals surface area contributed by atoms with Crippen LogP contribution in [0.4, 0.5) is 0 Å². The Morgan fingerprint density at radius 1 is 1.33 bits per heavy atom. The van der Waals surface area contributed by atoms with Gasteiger partial charge in [-0.1, -0.05) is 6.07 Å². The summed E-state index contributed by atoms with van der Waals surface area (Å²) in [5.74, 6) is 0. The summed E-state index contributed by atoms with van der Waals surface area (Å²) in [6, 6.07) is 6.21. The van der Waals surface area contributed by atoms with E-state index in [0.29, 0.717) is 0 Å². The van der Waals surface area contributed by atoms with Crippen molar-refractivity contribution in [3.63, 3.8) is 0 Å². The number of nitrogens with zero attached hydrogens (tertiary/aromatic N) is 1. The first-order valence-electron chi connectivity index (χ1n) is 6.19. The smallest absolute Gasteiger partial charge is 0.323 e. The van der Waals surface area contributed by atoms with Crippen molar-refractivity contribution in [3.8, 4) is 0 Å². The average molecular weight is 248 g/mol.